The molecule has 16 heavy (non-hydrogen) atoms. The predicted molar refractivity (Wildman–Crippen MR) is 52.7 cm³/mol. The minimum atomic E-state index is -4.38. The first-order valence-electron chi connectivity index (χ1n) is 4.63. The molecule has 1 saturated heterocycles. The molecule has 0 spiro atoms. The molecule has 1 aromatic rings. The van der Waals surface area contributed by atoms with Crippen LogP contribution in [0.2, 0.25) is 5.02 Å². The summed E-state index contributed by atoms with van der Waals surface area (Å²) in [5, 5.41) is 3.91. The Morgan fingerprint density at radius 1 is 1.31 bits per heavy atom. The van der Waals surface area contributed by atoms with Crippen molar-refractivity contribution in [2.75, 3.05) is 13.1 Å². The third kappa shape index (κ3) is 2.41. The maximum atomic E-state index is 12.3. The highest BCUT2D eigenvalue weighted by molar-refractivity contribution is 6.32. The molecule has 1 aliphatic heterocycles. The van der Waals surface area contributed by atoms with E-state index in [1.807, 2.05) is 0 Å². The highest BCUT2D eigenvalue weighted by Gasteiger charge is 2.31. The zero-order valence-electron chi connectivity index (χ0n) is 8.09. The van der Waals surface area contributed by atoms with E-state index < -0.39 is 11.7 Å². The topological polar surface area (TPSA) is 23.3 Å². The third-order valence-electron chi connectivity index (χ3n) is 2.22. The van der Waals surface area contributed by atoms with E-state index in [1.54, 1.807) is 0 Å². The molecule has 2 rings (SSSR count). The summed E-state index contributed by atoms with van der Waals surface area (Å²) in [5.74, 6) is 0.273. The lowest BCUT2D eigenvalue weighted by atomic mass is 10.2. The lowest BCUT2D eigenvalue weighted by molar-refractivity contribution is -0.137. The van der Waals surface area contributed by atoms with Gasteiger partial charge in [0.2, 0.25) is 0 Å². The number of hydrogen-bond acceptors (Lipinski definition) is 1. The second-order valence-electron chi connectivity index (χ2n) is 3.47. The fourth-order valence-corrected chi connectivity index (χ4v) is 1.49. The zero-order valence-corrected chi connectivity index (χ0v) is 8.85. The first-order valence-corrected chi connectivity index (χ1v) is 5.01. The Labute approximate surface area is 95.3 Å². The maximum absolute atomic E-state index is 12.3. The SMILES string of the molecule is FC(F)(F)c1ccc(OC2C[N]C2)c(Cl)c1. The van der Waals surface area contributed by atoms with Crippen molar-refractivity contribution in [3.8, 4) is 5.75 Å². The number of halogens is 4. The van der Waals surface area contributed by atoms with Crippen LogP contribution in [-0.4, -0.2) is 19.2 Å². The van der Waals surface area contributed by atoms with Gasteiger partial charge in [-0.1, -0.05) is 11.6 Å². The van der Waals surface area contributed by atoms with Gasteiger partial charge in [0.25, 0.3) is 0 Å². The Balaban J connectivity index is 2.15. The van der Waals surface area contributed by atoms with Gasteiger partial charge in [0, 0.05) is 0 Å². The monoisotopic (exact) mass is 250 g/mol. The molecule has 0 N–H and O–H groups in total. The molecule has 1 aromatic carbocycles. The molecule has 0 amide bonds. The lowest BCUT2D eigenvalue weighted by Gasteiger charge is -2.26. The molecular formula is C10H8ClF3NO. The van der Waals surface area contributed by atoms with Crippen LogP contribution in [0.15, 0.2) is 18.2 Å². The fourth-order valence-electron chi connectivity index (χ4n) is 1.26. The van der Waals surface area contributed by atoms with Crippen molar-refractivity contribution in [1.82, 2.24) is 5.32 Å². The molecular weight excluding hydrogens is 243 g/mol. The van der Waals surface area contributed by atoms with Crippen LogP contribution >= 0.6 is 11.6 Å². The molecule has 1 heterocycles. The zero-order chi connectivity index (χ0) is 11.8. The van der Waals surface area contributed by atoms with Gasteiger partial charge in [-0.15, -0.1) is 0 Å². The van der Waals surface area contributed by atoms with E-state index in [9.17, 15) is 13.2 Å². The molecule has 1 fully saturated rings. The van der Waals surface area contributed by atoms with Crippen LogP contribution in [0.5, 0.6) is 5.75 Å². The average molecular weight is 251 g/mol. The van der Waals surface area contributed by atoms with Crippen LogP contribution in [0.3, 0.4) is 0 Å². The molecule has 0 unspecified atom stereocenters. The quantitative estimate of drug-likeness (QED) is 0.792. The van der Waals surface area contributed by atoms with Crippen LogP contribution < -0.4 is 10.1 Å². The van der Waals surface area contributed by atoms with Crippen molar-refractivity contribution >= 4 is 11.6 Å². The normalized spacial score (nSPS) is 17.0. The Morgan fingerprint density at radius 3 is 2.44 bits per heavy atom. The van der Waals surface area contributed by atoms with Gasteiger partial charge in [-0.05, 0) is 18.2 Å². The van der Waals surface area contributed by atoms with E-state index >= 15 is 0 Å². The predicted octanol–water partition coefficient (Wildman–Crippen LogP) is 2.72. The standard InChI is InChI=1S/C10H8ClF3NO/c11-8-3-6(10(12,13)14)1-2-9(8)16-7-4-15-5-7/h1-3,7H,4-5H2. The lowest BCUT2D eigenvalue weighted by Crippen LogP contribution is -2.45. The smallest absolute Gasteiger partial charge is 0.416 e. The van der Waals surface area contributed by atoms with E-state index in [1.165, 1.54) is 6.07 Å². The molecule has 1 radical (unpaired) electrons. The third-order valence-corrected chi connectivity index (χ3v) is 2.51. The van der Waals surface area contributed by atoms with Crippen LogP contribution in [0.25, 0.3) is 0 Å². The van der Waals surface area contributed by atoms with Gasteiger partial charge < -0.3 is 4.74 Å². The van der Waals surface area contributed by atoms with Crippen LogP contribution in [0.1, 0.15) is 5.56 Å². The molecule has 0 bridgehead atoms. The van der Waals surface area contributed by atoms with Gasteiger partial charge >= 0.3 is 6.18 Å². The Bertz CT molecular complexity index is 390. The summed E-state index contributed by atoms with van der Waals surface area (Å²) in [4.78, 5) is 0. The number of benzene rings is 1. The summed E-state index contributed by atoms with van der Waals surface area (Å²) in [6.07, 6.45) is -4.44. The number of ether oxygens (including phenoxy) is 1. The van der Waals surface area contributed by atoms with Crippen LogP contribution in [-0.2, 0) is 6.18 Å². The summed E-state index contributed by atoms with van der Waals surface area (Å²) in [6.45, 7) is 1.13. The molecule has 0 aliphatic carbocycles. The summed E-state index contributed by atoms with van der Waals surface area (Å²) in [6, 6.07) is 3.06. The van der Waals surface area contributed by atoms with Gasteiger partial charge in [-0.3, -0.25) is 0 Å². The van der Waals surface area contributed by atoms with Crippen molar-refractivity contribution in [3.05, 3.63) is 28.8 Å². The van der Waals surface area contributed by atoms with Gasteiger partial charge in [-0.25, -0.2) is 5.32 Å². The van der Waals surface area contributed by atoms with Crippen molar-refractivity contribution < 1.29 is 17.9 Å². The Hall–Kier alpha value is -0.940. The number of hydrogen-bond donors (Lipinski definition) is 0. The van der Waals surface area contributed by atoms with E-state index in [0.29, 0.717) is 13.1 Å². The van der Waals surface area contributed by atoms with Gasteiger partial charge in [-0.2, -0.15) is 13.2 Å². The second kappa shape index (κ2) is 4.14. The molecule has 0 atom stereocenters. The first kappa shape index (κ1) is 11.5. The molecule has 6 heteroatoms. The summed E-state index contributed by atoms with van der Waals surface area (Å²) >= 11 is 5.70. The summed E-state index contributed by atoms with van der Waals surface area (Å²) in [5.41, 5.74) is -0.775. The Kier molecular flexibility index (Phi) is 2.99. The summed E-state index contributed by atoms with van der Waals surface area (Å²) in [7, 11) is 0. The van der Waals surface area contributed by atoms with E-state index in [2.05, 4.69) is 5.32 Å². The number of nitrogens with zero attached hydrogens (tertiary/aromatic N) is 1. The largest absolute Gasteiger partial charge is 0.486 e. The van der Waals surface area contributed by atoms with E-state index in [-0.39, 0.29) is 16.9 Å². The van der Waals surface area contributed by atoms with Crippen LogP contribution in [0.4, 0.5) is 13.2 Å². The minimum absolute atomic E-state index is 0.0262. The first-order chi connectivity index (χ1) is 7.47. The average Bonchev–Trinajstić information content (AvgIpc) is 2.11. The van der Waals surface area contributed by atoms with Gasteiger partial charge in [0.1, 0.15) is 11.9 Å². The van der Waals surface area contributed by atoms with E-state index in [4.69, 9.17) is 16.3 Å². The number of alkyl halides is 3. The van der Waals surface area contributed by atoms with Crippen molar-refractivity contribution in [3.63, 3.8) is 0 Å². The molecule has 1 aliphatic rings. The van der Waals surface area contributed by atoms with Crippen LogP contribution in [0, 0.1) is 0 Å². The van der Waals surface area contributed by atoms with E-state index in [0.717, 1.165) is 12.1 Å². The van der Waals surface area contributed by atoms with Crippen molar-refractivity contribution in [2.45, 2.75) is 12.3 Å². The Morgan fingerprint density at radius 2 is 2.00 bits per heavy atom. The molecule has 0 aromatic heterocycles. The highest BCUT2D eigenvalue weighted by Crippen LogP contribution is 2.35. The number of rotatable bonds is 2. The molecule has 0 saturated carbocycles. The van der Waals surface area contributed by atoms with Gasteiger partial charge in [0.15, 0.2) is 0 Å². The molecule has 87 valence electrons. The second-order valence-corrected chi connectivity index (χ2v) is 3.88. The summed E-state index contributed by atoms with van der Waals surface area (Å²) < 4.78 is 42.3. The minimum Gasteiger partial charge on any atom is -0.486 e. The highest BCUT2D eigenvalue weighted by atomic mass is 35.5. The maximum Gasteiger partial charge on any atom is 0.416 e. The van der Waals surface area contributed by atoms with Gasteiger partial charge in [0.05, 0.1) is 23.7 Å². The fraction of sp³-hybridized carbons (Fsp3) is 0.400. The van der Waals surface area contributed by atoms with Crippen molar-refractivity contribution in [1.29, 1.82) is 0 Å². The van der Waals surface area contributed by atoms with Crippen molar-refractivity contribution in [2.24, 2.45) is 0 Å². The molecule has 2 nitrogen and oxygen atoms in total.